The third kappa shape index (κ3) is 7.04. The van der Waals surface area contributed by atoms with Crippen molar-refractivity contribution >= 4 is 6.16 Å². The number of hydrogen-bond donors (Lipinski definition) is 4. The molecule has 0 aromatic carbocycles. The normalized spacial score (nSPS) is 20.2. The van der Waals surface area contributed by atoms with Gasteiger partial charge in [0, 0.05) is 6.42 Å². The molecule has 11 heavy (non-hydrogen) atoms. The van der Waals surface area contributed by atoms with E-state index in [9.17, 15) is 0 Å². The number of hydrogen-bond acceptors (Lipinski definition) is 4. The molecular weight excluding hydrogens is 156 g/mol. The van der Waals surface area contributed by atoms with Gasteiger partial charge < -0.3 is 25.2 Å². The van der Waals surface area contributed by atoms with E-state index in [-0.39, 0.29) is 0 Å². The lowest BCUT2D eigenvalue weighted by molar-refractivity contribution is -0.313. The molecule has 0 amide bonds. The van der Waals surface area contributed by atoms with Crippen molar-refractivity contribution in [2.75, 3.05) is 6.61 Å². The Balaban J connectivity index is 0.000000218. The molecule has 0 radical (unpaired) electrons. The summed E-state index contributed by atoms with van der Waals surface area (Å²) < 4.78 is 4.45. The quantitative estimate of drug-likeness (QED) is 0.366. The number of ether oxygens (including phenoxy) is 1. The highest BCUT2D eigenvalue weighted by Gasteiger charge is 2.28. The Morgan fingerprint density at radius 2 is 1.82 bits per heavy atom. The van der Waals surface area contributed by atoms with Gasteiger partial charge in [0.1, 0.15) is 0 Å². The van der Waals surface area contributed by atoms with Gasteiger partial charge in [-0.1, -0.05) is 0 Å². The summed E-state index contributed by atoms with van der Waals surface area (Å²) in [5, 5.41) is 31.0. The van der Waals surface area contributed by atoms with Crippen molar-refractivity contribution < 1.29 is 30.0 Å². The van der Waals surface area contributed by atoms with E-state index in [1.807, 2.05) is 0 Å². The van der Waals surface area contributed by atoms with Crippen LogP contribution in [0.3, 0.4) is 0 Å². The third-order valence-corrected chi connectivity index (χ3v) is 0.980. The fourth-order valence-electron chi connectivity index (χ4n) is 0.610. The average molecular weight is 166 g/mol. The first-order valence-corrected chi connectivity index (χ1v) is 2.94. The van der Waals surface area contributed by atoms with E-state index in [1.54, 1.807) is 0 Å². The van der Waals surface area contributed by atoms with E-state index in [4.69, 9.17) is 25.2 Å². The molecule has 1 saturated heterocycles. The third-order valence-electron chi connectivity index (χ3n) is 0.980. The van der Waals surface area contributed by atoms with Crippen molar-refractivity contribution in [2.24, 2.45) is 0 Å². The monoisotopic (exact) mass is 166 g/mol. The van der Waals surface area contributed by atoms with Gasteiger partial charge in [-0.2, -0.15) is 0 Å². The van der Waals surface area contributed by atoms with Gasteiger partial charge in [-0.05, 0) is 6.42 Å². The first-order valence-electron chi connectivity index (χ1n) is 2.94. The topological polar surface area (TPSA) is 107 Å². The first kappa shape index (κ1) is 10.2. The van der Waals surface area contributed by atoms with Crippen molar-refractivity contribution in [1.82, 2.24) is 0 Å². The minimum atomic E-state index is -1.83. The molecule has 0 unspecified atom stereocenters. The zero-order chi connectivity index (χ0) is 8.91. The lowest BCUT2D eigenvalue weighted by Crippen LogP contribution is -2.25. The van der Waals surface area contributed by atoms with Crippen molar-refractivity contribution in [3.05, 3.63) is 0 Å². The molecule has 4 N–H and O–H groups in total. The summed E-state index contributed by atoms with van der Waals surface area (Å²) in [6.07, 6.45) is -0.750. The predicted molar refractivity (Wildman–Crippen MR) is 33.0 cm³/mol. The molecule has 0 aromatic heterocycles. The zero-order valence-electron chi connectivity index (χ0n) is 5.73. The lowest BCUT2D eigenvalue weighted by atomic mass is 10.3. The largest absolute Gasteiger partial charge is 0.503 e. The second-order valence-corrected chi connectivity index (χ2v) is 1.98. The van der Waals surface area contributed by atoms with Crippen molar-refractivity contribution in [1.29, 1.82) is 0 Å². The Bertz CT molecular complexity index is 119. The Morgan fingerprint density at radius 3 is 1.91 bits per heavy atom. The maximum atomic E-state index is 8.56. The molecule has 1 rings (SSSR count). The number of rotatable bonds is 0. The molecule has 66 valence electrons. The Kier molecular flexibility index (Phi) is 3.80. The van der Waals surface area contributed by atoms with Gasteiger partial charge in [-0.25, -0.2) is 4.79 Å². The Morgan fingerprint density at radius 1 is 1.36 bits per heavy atom. The van der Waals surface area contributed by atoms with Crippen LogP contribution in [-0.4, -0.2) is 39.2 Å². The van der Waals surface area contributed by atoms with E-state index in [1.165, 1.54) is 0 Å². The van der Waals surface area contributed by atoms with Crippen molar-refractivity contribution in [2.45, 2.75) is 18.8 Å². The molecule has 1 fully saturated rings. The predicted octanol–water partition coefficient (Wildman–Crippen LogP) is -0.342. The van der Waals surface area contributed by atoms with Crippen molar-refractivity contribution in [3.8, 4) is 0 Å². The van der Waals surface area contributed by atoms with Gasteiger partial charge in [0.15, 0.2) is 0 Å². The molecule has 6 nitrogen and oxygen atoms in total. The van der Waals surface area contributed by atoms with Crippen LogP contribution in [0.2, 0.25) is 0 Å². The molecule has 1 heterocycles. The van der Waals surface area contributed by atoms with Crippen LogP contribution >= 0.6 is 0 Å². The number of aliphatic hydroxyl groups is 2. The molecule has 0 aromatic rings. The van der Waals surface area contributed by atoms with E-state index >= 15 is 0 Å². The maximum absolute atomic E-state index is 8.56. The van der Waals surface area contributed by atoms with E-state index in [0.717, 1.165) is 6.42 Å². The Hall–Kier alpha value is -0.850. The smallest absolute Gasteiger partial charge is 0.450 e. The van der Waals surface area contributed by atoms with Crippen LogP contribution in [0.25, 0.3) is 0 Å². The molecule has 1 aliphatic rings. The summed E-state index contributed by atoms with van der Waals surface area (Å²) in [6, 6.07) is 0. The highest BCUT2D eigenvalue weighted by Crippen LogP contribution is 2.17. The summed E-state index contributed by atoms with van der Waals surface area (Å²) in [7, 11) is 0. The van der Waals surface area contributed by atoms with Gasteiger partial charge >= 0.3 is 6.16 Å². The molecule has 0 aliphatic carbocycles. The zero-order valence-corrected chi connectivity index (χ0v) is 5.73. The van der Waals surface area contributed by atoms with E-state index in [0.29, 0.717) is 13.0 Å². The van der Waals surface area contributed by atoms with Gasteiger partial charge in [-0.3, -0.25) is 0 Å². The molecule has 0 saturated carbocycles. The van der Waals surface area contributed by atoms with Crippen LogP contribution in [0, 0.1) is 0 Å². The highest BCUT2D eigenvalue weighted by atomic mass is 16.8. The fourth-order valence-corrected chi connectivity index (χ4v) is 0.610. The Labute approximate surface area is 62.7 Å². The first-order chi connectivity index (χ1) is 4.94. The number of carboxylic acid groups (broad SMARTS) is 2. The SMILES string of the molecule is O=C(O)O.OC1(O)CCCO1. The van der Waals surface area contributed by atoms with Crippen LogP contribution in [0.15, 0.2) is 0 Å². The van der Waals surface area contributed by atoms with Gasteiger partial charge in [0.25, 0.3) is 5.97 Å². The van der Waals surface area contributed by atoms with Crippen LogP contribution in [0.1, 0.15) is 12.8 Å². The summed E-state index contributed by atoms with van der Waals surface area (Å²) in [5.41, 5.74) is 0. The van der Waals surface area contributed by atoms with Gasteiger partial charge in [0.05, 0.1) is 6.61 Å². The molecular formula is C5H10O6. The standard InChI is InChI=1S/C4H8O3.CH2O3/c5-4(6)2-1-3-7-4;2-1(3)4/h5-6H,1-3H2;(H2,2,3,4). The second kappa shape index (κ2) is 4.12. The minimum Gasteiger partial charge on any atom is -0.450 e. The average Bonchev–Trinajstić information content (AvgIpc) is 2.11. The second-order valence-electron chi connectivity index (χ2n) is 1.98. The minimum absolute atomic E-state index is 0.340. The number of carbonyl (C=O) groups is 1. The molecule has 1 aliphatic heterocycles. The molecule has 0 spiro atoms. The summed E-state index contributed by atoms with van der Waals surface area (Å²) >= 11 is 0. The molecule has 0 atom stereocenters. The molecule has 0 bridgehead atoms. The van der Waals surface area contributed by atoms with Crippen LogP contribution < -0.4 is 0 Å². The van der Waals surface area contributed by atoms with Crippen LogP contribution in [-0.2, 0) is 4.74 Å². The van der Waals surface area contributed by atoms with Crippen molar-refractivity contribution in [3.63, 3.8) is 0 Å². The van der Waals surface area contributed by atoms with E-state index in [2.05, 4.69) is 4.74 Å². The van der Waals surface area contributed by atoms with Gasteiger partial charge in [0.2, 0.25) is 0 Å². The lowest BCUT2D eigenvalue weighted by Gasteiger charge is -2.10. The summed E-state index contributed by atoms with van der Waals surface area (Å²) in [5.74, 6) is -1.81. The maximum Gasteiger partial charge on any atom is 0.503 e. The summed E-state index contributed by atoms with van der Waals surface area (Å²) in [4.78, 5) is 8.56. The fraction of sp³-hybridized carbons (Fsp3) is 0.800. The van der Waals surface area contributed by atoms with E-state index < -0.39 is 12.1 Å². The van der Waals surface area contributed by atoms with Crippen LogP contribution in [0.5, 0.6) is 0 Å². The van der Waals surface area contributed by atoms with Gasteiger partial charge in [-0.15, -0.1) is 0 Å². The molecule has 6 heteroatoms. The highest BCUT2D eigenvalue weighted by molar-refractivity contribution is 5.53. The van der Waals surface area contributed by atoms with Crippen LogP contribution in [0.4, 0.5) is 4.79 Å². The summed E-state index contributed by atoms with van der Waals surface area (Å²) in [6.45, 7) is 0.465.